The van der Waals surface area contributed by atoms with Crippen LogP contribution in [0.2, 0.25) is 0 Å². The van der Waals surface area contributed by atoms with E-state index in [2.05, 4.69) is 22.1 Å². The van der Waals surface area contributed by atoms with E-state index in [-0.39, 0.29) is 0 Å². The molecule has 4 rings (SSSR count). The molecule has 3 heteroatoms. The van der Waals surface area contributed by atoms with E-state index in [9.17, 15) is 0 Å². The summed E-state index contributed by atoms with van der Waals surface area (Å²) in [5.41, 5.74) is 3.14. The summed E-state index contributed by atoms with van der Waals surface area (Å²) in [5.74, 6) is 3.52. The van der Waals surface area contributed by atoms with Gasteiger partial charge in [0.1, 0.15) is 5.69 Å². The van der Waals surface area contributed by atoms with Crippen molar-refractivity contribution in [2.24, 2.45) is 5.92 Å². The molecule has 2 aromatic heterocycles. The van der Waals surface area contributed by atoms with E-state index in [4.69, 9.17) is 6.42 Å². The molecule has 1 saturated carbocycles. The number of rotatable bonds is 0. The van der Waals surface area contributed by atoms with Gasteiger partial charge in [0, 0.05) is 18.5 Å². The normalized spacial score (nSPS) is 19.9. The van der Waals surface area contributed by atoms with Crippen molar-refractivity contribution in [1.29, 1.82) is 0 Å². The predicted octanol–water partition coefficient (Wildman–Crippen LogP) is 2.44. The van der Waals surface area contributed by atoms with Crippen molar-refractivity contribution in [3.63, 3.8) is 0 Å². The van der Waals surface area contributed by atoms with Crippen LogP contribution in [0.25, 0.3) is 5.65 Å². The highest BCUT2D eigenvalue weighted by molar-refractivity contribution is 5.43. The maximum Gasteiger partial charge on any atom is 0.156 e. The first-order valence-corrected chi connectivity index (χ1v) is 5.83. The van der Waals surface area contributed by atoms with Gasteiger partial charge in [-0.05, 0) is 37.2 Å². The minimum atomic E-state index is 0.615. The fourth-order valence-electron chi connectivity index (χ4n) is 2.13. The van der Waals surface area contributed by atoms with Gasteiger partial charge in [-0.15, -0.1) is 6.42 Å². The van der Waals surface area contributed by atoms with Gasteiger partial charge in [0.25, 0.3) is 0 Å². The largest absolute Gasteiger partial charge is 0.237 e. The van der Waals surface area contributed by atoms with Gasteiger partial charge in [-0.25, -0.2) is 9.50 Å². The Morgan fingerprint density at radius 3 is 2.94 bits per heavy atom. The summed E-state index contributed by atoms with van der Waals surface area (Å²) >= 11 is 0. The van der Waals surface area contributed by atoms with Gasteiger partial charge >= 0.3 is 0 Å². The van der Waals surface area contributed by atoms with Crippen LogP contribution < -0.4 is 0 Å². The maximum absolute atomic E-state index is 5.16. The molecule has 0 amide bonds. The zero-order valence-electron chi connectivity index (χ0n) is 9.50. The highest BCUT2D eigenvalue weighted by atomic mass is 15.2. The molecule has 0 aliphatic heterocycles. The van der Waals surface area contributed by atoms with Crippen molar-refractivity contribution in [2.75, 3.05) is 0 Å². The van der Waals surface area contributed by atoms with Crippen molar-refractivity contribution < 1.29 is 0 Å². The molecule has 0 aromatic carbocycles. The van der Waals surface area contributed by atoms with E-state index in [1.54, 1.807) is 28.4 Å². The summed E-state index contributed by atoms with van der Waals surface area (Å²) in [7, 11) is 0. The van der Waals surface area contributed by atoms with Gasteiger partial charge in [-0.1, -0.05) is 11.6 Å². The van der Waals surface area contributed by atoms with Gasteiger partial charge in [-0.2, -0.15) is 5.10 Å². The molecule has 2 heterocycles. The Morgan fingerprint density at radius 1 is 1.47 bits per heavy atom. The molecule has 17 heavy (non-hydrogen) atoms. The minimum Gasteiger partial charge on any atom is -0.237 e. The third-order valence-corrected chi connectivity index (χ3v) is 3.15. The highest BCUT2D eigenvalue weighted by Gasteiger charge is 2.31. The first-order chi connectivity index (χ1) is 8.36. The van der Waals surface area contributed by atoms with Crippen LogP contribution in [0.1, 0.15) is 25.0 Å². The molecular weight excluding hydrogens is 210 g/mol. The quantitative estimate of drug-likeness (QED) is 0.507. The van der Waals surface area contributed by atoms with Gasteiger partial charge in [0.05, 0.1) is 0 Å². The second-order valence-electron chi connectivity index (χ2n) is 4.35. The molecule has 0 bridgehead atoms. The van der Waals surface area contributed by atoms with E-state index in [0.29, 0.717) is 5.69 Å². The molecule has 1 unspecified atom stereocenters. The van der Waals surface area contributed by atoms with E-state index >= 15 is 0 Å². The lowest BCUT2D eigenvalue weighted by molar-refractivity contribution is 0.792. The SMILES string of the molecule is C#Cc1cc2ncccn2n1.C1=C2CC2CC1. The summed E-state index contributed by atoms with van der Waals surface area (Å²) in [6.45, 7) is 0. The summed E-state index contributed by atoms with van der Waals surface area (Å²) < 4.78 is 1.65. The van der Waals surface area contributed by atoms with Crippen LogP contribution in [0.4, 0.5) is 0 Å². The average molecular weight is 223 g/mol. The Labute approximate surface area is 100 Å². The van der Waals surface area contributed by atoms with Crippen LogP contribution in [0.3, 0.4) is 0 Å². The molecule has 1 fully saturated rings. The average Bonchev–Trinajstić information content (AvgIpc) is 2.81. The lowest BCUT2D eigenvalue weighted by Crippen LogP contribution is -1.86. The molecule has 3 nitrogen and oxygen atoms in total. The summed E-state index contributed by atoms with van der Waals surface area (Å²) in [6, 6.07) is 3.57. The number of aromatic nitrogens is 3. The van der Waals surface area contributed by atoms with Crippen LogP contribution >= 0.6 is 0 Å². The van der Waals surface area contributed by atoms with E-state index in [1.807, 2.05) is 6.20 Å². The van der Waals surface area contributed by atoms with Gasteiger partial charge in [0.15, 0.2) is 5.65 Å². The molecular formula is C14H13N3. The third kappa shape index (κ3) is 2.07. The number of fused-ring (bicyclic) bond motifs is 2. The van der Waals surface area contributed by atoms with Crippen molar-refractivity contribution in [2.45, 2.75) is 19.3 Å². The smallest absolute Gasteiger partial charge is 0.156 e. The number of hydrogen-bond acceptors (Lipinski definition) is 2. The highest BCUT2D eigenvalue weighted by Crippen LogP contribution is 2.46. The van der Waals surface area contributed by atoms with Crippen LogP contribution in [0.5, 0.6) is 0 Å². The third-order valence-electron chi connectivity index (χ3n) is 3.15. The van der Waals surface area contributed by atoms with Crippen molar-refractivity contribution in [1.82, 2.24) is 14.6 Å². The monoisotopic (exact) mass is 223 g/mol. The molecule has 0 saturated heterocycles. The predicted molar refractivity (Wildman–Crippen MR) is 66.3 cm³/mol. The first kappa shape index (κ1) is 10.1. The van der Waals surface area contributed by atoms with Crippen molar-refractivity contribution in [3.8, 4) is 12.3 Å². The first-order valence-electron chi connectivity index (χ1n) is 5.83. The molecule has 0 N–H and O–H groups in total. The van der Waals surface area contributed by atoms with Crippen molar-refractivity contribution in [3.05, 3.63) is 41.9 Å². The molecule has 0 radical (unpaired) electrons. The fourth-order valence-corrected chi connectivity index (χ4v) is 2.13. The number of hydrogen-bond donors (Lipinski definition) is 0. The zero-order chi connectivity index (χ0) is 11.7. The Bertz CT molecular complexity index is 583. The van der Waals surface area contributed by atoms with Gasteiger partial charge < -0.3 is 0 Å². The molecule has 2 aliphatic carbocycles. The Hall–Kier alpha value is -2.08. The fraction of sp³-hybridized carbons (Fsp3) is 0.286. The molecule has 2 aromatic rings. The molecule has 1 atom stereocenters. The Balaban J connectivity index is 0.000000125. The van der Waals surface area contributed by atoms with E-state index < -0.39 is 0 Å². The Kier molecular flexibility index (Phi) is 2.41. The number of allylic oxidation sites excluding steroid dienone is 2. The zero-order valence-corrected chi connectivity index (χ0v) is 9.50. The summed E-state index contributed by atoms with van der Waals surface area (Å²) in [6.07, 6.45) is 15.4. The van der Waals surface area contributed by atoms with Crippen molar-refractivity contribution >= 4 is 5.65 Å². The molecule has 84 valence electrons. The minimum absolute atomic E-state index is 0.615. The lowest BCUT2D eigenvalue weighted by atomic mass is 10.3. The summed E-state index contributed by atoms with van der Waals surface area (Å²) in [5, 5.41) is 4.05. The topological polar surface area (TPSA) is 30.2 Å². The maximum atomic E-state index is 5.16. The lowest BCUT2D eigenvalue weighted by Gasteiger charge is -1.85. The molecule has 0 spiro atoms. The standard InChI is InChI=1S/C8H5N3.C6H8/c1-2-7-6-8-9-4-3-5-11(8)10-7;1-2-5-4-6(5)3-1/h1,3-6H;2,6H,1,3-4H2. The van der Waals surface area contributed by atoms with E-state index in [1.165, 1.54) is 19.3 Å². The van der Waals surface area contributed by atoms with Crippen LogP contribution in [-0.2, 0) is 0 Å². The second-order valence-corrected chi connectivity index (χ2v) is 4.35. The second kappa shape index (κ2) is 4.06. The van der Waals surface area contributed by atoms with Gasteiger partial charge in [-0.3, -0.25) is 0 Å². The summed E-state index contributed by atoms with van der Waals surface area (Å²) in [4.78, 5) is 4.05. The van der Waals surface area contributed by atoms with Crippen LogP contribution in [0, 0.1) is 18.3 Å². The van der Waals surface area contributed by atoms with E-state index in [0.717, 1.165) is 11.6 Å². The number of terminal acetylenes is 1. The van der Waals surface area contributed by atoms with Crippen LogP contribution in [-0.4, -0.2) is 14.6 Å². The Morgan fingerprint density at radius 2 is 2.41 bits per heavy atom. The van der Waals surface area contributed by atoms with Gasteiger partial charge in [0.2, 0.25) is 0 Å². The molecule has 2 aliphatic rings. The number of nitrogens with zero attached hydrogens (tertiary/aromatic N) is 3. The van der Waals surface area contributed by atoms with Crippen LogP contribution in [0.15, 0.2) is 36.2 Å².